The minimum atomic E-state index is -0.503. The van der Waals surface area contributed by atoms with E-state index in [1.54, 1.807) is 12.4 Å². The van der Waals surface area contributed by atoms with Crippen LogP contribution >= 0.6 is 15.9 Å². The number of aliphatic hydroxyl groups excluding tert-OH is 1. The summed E-state index contributed by atoms with van der Waals surface area (Å²) in [5.74, 6) is 0. The molecule has 1 spiro atoms. The van der Waals surface area contributed by atoms with Gasteiger partial charge in [-0.25, -0.2) is 0 Å². The number of aromatic nitrogens is 1. The molecule has 2 heterocycles. The molecule has 3 nitrogen and oxygen atoms in total. The molecule has 1 atom stereocenters. The van der Waals surface area contributed by atoms with E-state index in [-0.39, 0.29) is 5.60 Å². The molecule has 0 amide bonds. The fraction of sp³-hybridized carbons (Fsp3) is 0.500. The molecular weight excluding hydrogens is 246 g/mol. The molecule has 74 valence electrons. The van der Waals surface area contributed by atoms with E-state index in [1.807, 2.05) is 0 Å². The summed E-state index contributed by atoms with van der Waals surface area (Å²) in [7, 11) is 0. The van der Waals surface area contributed by atoms with Crippen molar-refractivity contribution >= 4 is 15.9 Å². The molecule has 0 radical (unpaired) electrons. The molecule has 1 saturated carbocycles. The van der Waals surface area contributed by atoms with Crippen molar-refractivity contribution in [3.05, 3.63) is 28.0 Å². The van der Waals surface area contributed by atoms with E-state index in [2.05, 4.69) is 20.9 Å². The van der Waals surface area contributed by atoms with E-state index in [1.165, 1.54) is 0 Å². The first-order valence-corrected chi connectivity index (χ1v) is 5.46. The van der Waals surface area contributed by atoms with Crippen molar-refractivity contribution < 1.29 is 9.84 Å². The molecule has 0 saturated heterocycles. The van der Waals surface area contributed by atoms with Crippen molar-refractivity contribution in [2.75, 3.05) is 0 Å². The van der Waals surface area contributed by atoms with Gasteiger partial charge in [-0.3, -0.25) is 4.98 Å². The Morgan fingerprint density at radius 3 is 3.00 bits per heavy atom. The first-order valence-electron chi connectivity index (χ1n) is 4.67. The van der Waals surface area contributed by atoms with Gasteiger partial charge in [0.15, 0.2) is 0 Å². The standard InChI is InChI=1S/C10H10BrNO2/c11-8-4-12-3-6-7(8)5-14-10(1-2-10)9(6)13/h3-4,9,13H,1-2,5H2. The second-order valence-corrected chi connectivity index (χ2v) is 4.80. The van der Waals surface area contributed by atoms with Gasteiger partial charge in [0.05, 0.1) is 12.2 Å². The molecular formula is C10H10BrNO2. The molecule has 1 fully saturated rings. The van der Waals surface area contributed by atoms with Crippen molar-refractivity contribution in [3.63, 3.8) is 0 Å². The van der Waals surface area contributed by atoms with E-state index in [0.717, 1.165) is 28.4 Å². The average Bonchev–Trinajstić information content (AvgIpc) is 2.94. The van der Waals surface area contributed by atoms with Gasteiger partial charge in [0.2, 0.25) is 0 Å². The molecule has 14 heavy (non-hydrogen) atoms. The van der Waals surface area contributed by atoms with Crippen LogP contribution in [0, 0.1) is 0 Å². The van der Waals surface area contributed by atoms with Gasteiger partial charge < -0.3 is 9.84 Å². The summed E-state index contributed by atoms with van der Waals surface area (Å²) in [5.41, 5.74) is 1.67. The summed E-state index contributed by atoms with van der Waals surface area (Å²) in [6, 6.07) is 0. The predicted molar refractivity (Wildman–Crippen MR) is 53.7 cm³/mol. The van der Waals surface area contributed by atoms with E-state index in [4.69, 9.17) is 4.74 Å². The van der Waals surface area contributed by atoms with Gasteiger partial charge in [-0.1, -0.05) is 0 Å². The molecule has 0 aromatic carbocycles. The van der Waals surface area contributed by atoms with Crippen molar-refractivity contribution in [1.82, 2.24) is 4.98 Å². The molecule has 1 aromatic rings. The number of hydrogen-bond acceptors (Lipinski definition) is 3. The Morgan fingerprint density at radius 1 is 1.50 bits per heavy atom. The second kappa shape index (κ2) is 2.78. The van der Waals surface area contributed by atoms with Gasteiger partial charge in [-0.2, -0.15) is 0 Å². The highest BCUT2D eigenvalue weighted by Gasteiger charge is 2.53. The lowest BCUT2D eigenvalue weighted by molar-refractivity contribution is -0.0832. The zero-order valence-corrected chi connectivity index (χ0v) is 9.12. The van der Waals surface area contributed by atoms with Gasteiger partial charge in [0.25, 0.3) is 0 Å². The molecule has 1 N–H and O–H groups in total. The van der Waals surface area contributed by atoms with Crippen LogP contribution in [0.2, 0.25) is 0 Å². The molecule has 1 aliphatic heterocycles. The van der Waals surface area contributed by atoms with E-state index < -0.39 is 6.10 Å². The Morgan fingerprint density at radius 2 is 2.29 bits per heavy atom. The summed E-state index contributed by atoms with van der Waals surface area (Å²) < 4.78 is 6.61. The molecule has 0 bridgehead atoms. The van der Waals surface area contributed by atoms with Gasteiger partial charge in [0, 0.05) is 28.0 Å². The first kappa shape index (κ1) is 8.83. The average molecular weight is 256 g/mol. The van der Waals surface area contributed by atoms with Gasteiger partial charge >= 0.3 is 0 Å². The van der Waals surface area contributed by atoms with Gasteiger partial charge in [0.1, 0.15) is 6.10 Å². The SMILES string of the molecule is OC1c2cncc(Br)c2COC12CC2. The number of aliphatic hydroxyl groups is 1. The maximum atomic E-state index is 10.1. The summed E-state index contributed by atoms with van der Waals surface area (Å²) in [6.07, 6.45) is 4.89. The lowest BCUT2D eigenvalue weighted by Gasteiger charge is -2.30. The minimum Gasteiger partial charge on any atom is -0.385 e. The zero-order valence-electron chi connectivity index (χ0n) is 7.53. The predicted octanol–water partition coefficient (Wildman–Crippen LogP) is 1.94. The van der Waals surface area contributed by atoms with Crippen molar-refractivity contribution in [2.24, 2.45) is 0 Å². The van der Waals surface area contributed by atoms with Crippen LogP contribution in [0.15, 0.2) is 16.9 Å². The Hall–Kier alpha value is -0.450. The zero-order chi connectivity index (χ0) is 9.76. The largest absolute Gasteiger partial charge is 0.385 e. The number of rotatable bonds is 0. The Balaban J connectivity index is 2.11. The highest BCUT2D eigenvalue weighted by molar-refractivity contribution is 9.10. The molecule has 2 aliphatic rings. The van der Waals surface area contributed by atoms with Crippen molar-refractivity contribution in [2.45, 2.75) is 31.2 Å². The third kappa shape index (κ3) is 1.08. The Bertz CT molecular complexity index is 390. The fourth-order valence-electron chi connectivity index (χ4n) is 1.98. The van der Waals surface area contributed by atoms with Gasteiger partial charge in [-0.15, -0.1) is 0 Å². The van der Waals surface area contributed by atoms with Crippen molar-refractivity contribution in [3.8, 4) is 0 Å². The second-order valence-electron chi connectivity index (χ2n) is 3.95. The highest BCUT2D eigenvalue weighted by atomic mass is 79.9. The van der Waals surface area contributed by atoms with Crippen LogP contribution in [-0.4, -0.2) is 15.7 Å². The molecule has 4 heteroatoms. The number of fused-ring (bicyclic) bond motifs is 1. The van der Waals surface area contributed by atoms with Gasteiger partial charge in [-0.05, 0) is 28.8 Å². The summed E-state index contributed by atoms with van der Waals surface area (Å²) in [5, 5.41) is 10.1. The molecule has 1 aliphatic carbocycles. The number of hydrogen-bond donors (Lipinski definition) is 1. The molecule has 1 unspecified atom stereocenters. The summed E-state index contributed by atoms with van der Waals surface area (Å²) in [6.45, 7) is 0.579. The maximum absolute atomic E-state index is 10.1. The molecule has 1 aromatic heterocycles. The maximum Gasteiger partial charge on any atom is 0.110 e. The van der Waals surface area contributed by atoms with Crippen LogP contribution in [0.4, 0.5) is 0 Å². The monoisotopic (exact) mass is 255 g/mol. The summed E-state index contributed by atoms with van der Waals surface area (Å²) in [4.78, 5) is 4.08. The normalized spacial score (nSPS) is 27.4. The summed E-state index contributed by atoms with van der Waals surface area (Å²) >= 11 is 3.41. The van der Waals surface area contributed by atoms with E-state index in [9.17, 15) is 5.11 Å². The van der Waals surface area contributed by atoms with E-state index >= 15 is 0 Å². The number of nitrogens with zero attached hydrogens (tertiary/aromatic N) is 1. The number of ether oxygens (including phenoxy) is 1. The van der Waals surface area contributed by atoms with Crippen LogP contribution in [0.25, 0.3) is 0 Å². The number of halogens is 1. The third-order valence-corrected chi connectivity index (χ3v) is 3.76. The lowest BCUT2D eigenvalue weighted by Crippen LogP contribution is -2.30. The smallest absolute Gasteiger partial charge is 0.110 e. The third-order valence-electron chi connectivity index (χ3n) is 3.08. The minimum absolute atomic E-state index is 0.282. The fourth-order valence-corrected chi connectivity index (χ4v) is 2.45. The quantitative estimate of drug-likeness (QED) is 0.771. The Kier molecular flexibility index (Phi) is 1.75. The Labute approximate surface area is 90.2 Å². The number of pyridine rings is 1. The van der Waals surface area contributed by atoms with Crippen LogP contribution in [0.3, 0.4) is 0 Å². The van der Waals surface area contributed by atoms with Crippen LogP contribution in [-0.2, 0) is 11.3 Å². The topological polar surface area (TPSA) is 42.4 Å². The first-order chi connectivity index (χ1) is 6.73. The van der Waals surface area contributed by atoms with E-state index in [0.29, 0.717) is 6.61 Å². The highest BCUT2D eigenvalue weighted by Crippen LogP contribution is 2.53. The van der Waals surface area contributed by atoms with Crippen LogP contribution in [0.5, 0.6) is 0 Å². The van der Waals surface area contributed by atoms with Crippen LogP contribution in [0.1, 0.15) is 30.1 Å². The molecule has 3 rings (SSSR count). The van der Waals surface area contributed by atoms with Crippen molar-refractivity contribution in [1.29, 1.82) is 0 Å². The van der Waals surface area contributed by atoms with Crippen LogP contribution < -0.4 is 0 Å². The lowest BCUT2D eigenvalue weighted by atomic mass is 9.97.